The molecule has 5 nitrogen and oxygen atoms in total. The van der Waals surface area contributed by atoms with Crippen LogP contribution in [0.3, 0.4) is 0 Å². The zero-order chi connectivity index (χ0) is 19.8. The highest BCUT2D eigenvalue weighted by molar-refractivity contribution is 6.04. The molecule has 2 atom stereocenters. The van der Waals surface area contributed by atoms with Crippen LogP contribution in [-0.2, 0) is 6.42 Å². The number of aromatic nitrogens is 3. The zero-order valence-corrected chi connectivity index (χ0v) is 16.2. The maximum atomic E-state index is 13.4. The molecule has 29 heavy (non-hydrogen) atoms. The van der Waals surface area contributed by atoms with Gasteiger partial charge in [0, 0.05) is 11.6 Å². The van der Waals surface area contributed by atoms with Crippen molar-refractivity contribution in [2.75, 3.05) is 0 Å². The summed E-state index contributed by atoms with van der Waals surface area (Å²) < 4.78 is 1.63. The smallest absolute Gasteiger partial charge is 0.261 e. The summed E-state index contributed by atoms with van der Waals surface area (Å²) in [4.78, 5) is 22.6. The predicted octanol–water partition coefficient (Wildman–Crippen LogP) is 4.01. The lowest BCUT2D eigenvalue weighted by atomic mass is 9.92. The van der Waals surface area contributed by atoms with E-state index < -0.39 is 6.10 Å². The first-order chi connectivity index (χ1) is 14.2. The van der Waals surface area contributed by atoms with E-state index in [1.54, 1.807) is 17.1 Å². The van der Waals surface area contributed by atoms with Gasteiger partial charge in [-0.05, 0) is 42.5 Å². The van der Waals surface area contributed by atoms with Crippen molar-refractivity contribution in [1.82, 2.24) is 14.5 Å². The second-order valence-electron chi connectivity index (χ2n) is 7.87. The molecule has 2 aromatic heterocycles. The molecule has 0 radical (unpaired) electrons. The van der Waals surface area contributed by atoms with Crippen LogP contribution in [0.5, 0.6) is 0 Å². The van der Waals surface area contributed by atoms with Crippen LogP contribution in [0.1, 0.15) is 42.9 Å². The van der Waals surface area contributed by atoms with Crippen molar-refractivity contribution in [1.29, 1.82) is 0 Å². The van der Waals surface area contributed by atoms with Crippen LogP contribution in [0.4, 0.5) is 0 Å². The minimum atomic E-state index is -0.497. The van der Waals surface area contributed by atoms with E-state index in [1.807, 2.05) is 36.4 Å². The van der Waals surface area contributed by atoms with Gasteiger partial charge >= 0.3 is 0 Å². The number of fused-ring (bicyclic) bond motifs is 3. The number of pyridine rings is 1. The third kappa shape index (κ3) is 3.21. The molecule has 2 aromatic carbocycles. The van der Waals surface area contributed by atoms with Gasteiger partial charge in [0.2, 0.25) is 0 Å². The van der Waals surface area contributed by atoms with Gasteiger partial charge in [-0.2, -0.15) is 0 Å². The molecule has 1 saturated carbocycles. The third-order valence-electron chi connectivity index (χ3n) is 6.02. The standard InChI is InChI=1S/C24H23N3O2/c28-21-11-5-4-10-20(21)27-15-26-23-19(24(27)29)14-17(13-16-7-2-1-3-8-16)18-9-6-12-25-22(18)23/h1-3,6-9,12,14-15,20-21,28H,4-5,10-11,13H2/t20-,21-/m0/s1. The summed E-state index contributed by atoms with van der Waals surface area (Å²) in [6.07, 6.45) is 7.11. The van der Waals surface area contributed by atoms with Crippen molar-refractivity contribution < 1.29 is 5.11 Å². The lowest BCUT2D eigenvalue weighted by Crippen LogP contribution is -2.34. The molecule has 0 spiro atoms. The Balaban J connectivity index is 1.72. The molecule has 1 fully saturated rings. The number of hydrogen-bond donors (Lipinski definition) is 1. The fourth-order valence-corrected chi connectivity index (χ4v) is 4.52. The maximum absolute atomic E-state index is 13.4. The summed E-state index contributed by atoms with van der Waals surface area (Å²) >= 11 is 0. The summed E-state index contributed by atoms with van der Waals surface area (Å²) in [6.45, 7) is 0. The number of nitrogens with zero attached hydrogens (tertiary/aromatic N) is 3. The quantitative estimate of drug-likeness (QED) is 0.541. The molecule has 1 aliphatic carbocycles. The Morgan fingerprint density at radius 3 is 2.59 bits per heavy atom. The molecule has 5 rings (SSSR count). The predicted molar refractivity (Wildman–Crippen MR) is 114 cm³/mol. The van der Waals surface area contributed by atoms with Crippen LogP contribution < -0.4 is 5.56 Å². The van der Waals surface area contributed by atoms with Gasteiger partial charge in [-0.1, -0.05) is 49.2 Å². The van der Waals surface area contributed by atoms with Gasteiger partial charge in [0.25, 0.3) is 5.56 Å². The molecule has 0 unspecified atom stereocenters. The Hall–Kier alpha value is -3.05. The van der Waals surface area contributed by atoms with Crippen molar-refractivity contribution >= 4 is 21.8 Å². The largest absolute Gasteiger partial charge is 0.391 e. The number of hydrogen-bond acceptors (Lipinski definition) is 4. The Labute approximate surface area is 168 Å². The molecular formula is C24H23N3O2. The second-order valence-corrected chi connectivity index (χ2v) is 7.87. The normalized spacial score (nSPS) is 19.6. The van der Waals surface area contributed by atoms with Gasteiger partial charge in [0.05, 0.1) is 29.4 Å². The molecule has 2 heterocycles. The first-order valence-corrected chi connectivity index (χ1v) is 10.2. The molecule has 1 aliphatic rings. The fourth-order valence-electron chi connectivity index (χ4n) is 4.52. The minimum Gasteiger partial charge on any atom is -0.391 e. The van der Waals surface area contributed by atoms with E-state index in [9.17, 15) is 9.90 Å². The summed E-state index contributed by atoms with van der Waals surface area (Å²) in [6, 6.07) is 15.9. The van der Waals surface area contributed by atoms with E-state index in [0.29, 0.717) is 10.9 Å². The molecule has 0 saturated heterocycles. The number of benzene rings is 2. The first kappa shape index (κ1) is 18.0. The monoisotopic (exact) mass is 385 g/mol. The minimum absolute atomic E-state index is 0.0946. The zero-order valence-electron chi connectivity index (χ0n) is 16.2. The average molecular weight is 385 g/mol. The van der Waals surface area contributed by atoms with E-state index in [4.69, 9.17) is 0 Å². The van der Waals surface area contributed by atoms with Gasteiger partial charge < -0.3 is 5.11 Å². The van der Waals surface area contributed by atoms with Crippen molar-refractivity contribution in [3.8, 4) is 0 Å². The summed E-state index contributed by atoms with van der Waals surface area (Å²) in [5, 5.41) is 12.0. The lowest BCUT2D eigenvalue weighted by molar-refractivity contribution is 0.0735. The molecule has 0 amide bonds. The van der Waals surface area contributed by atoms with Crippen LogP contribution in [0, 0.1) is 0 Å². The molecule has 146 valence electrons. The third-order valence-corrected chi connectivity index (χ3v) is 6.02. The molecular weight excluding hydrogens is 362 g/mol. The van der Waals surface area contributed by atoms with E-state index in [2.05, 4.69) is 22.1 Å². The van der Waals surface area contributed by atoms with Crippen LogP contribution in [0.25, 0.3) is 21.8 Å². The Kier molecular flexibility index (Phi) is 4.60. The summed E-state index contributed by atoms with van der Waals surface area (Å²) in [7, 11) is 0. The highest BCUT2D eigenvalue weighted by Crippen LogP contribution is 2.29. The number of aliphatic hydroxyl groups is 1. The lowest BCUT2D eigenvalue weighted by Gasteiger charge is -2.29. The average Bonchev–Trinajstić information content (AvgIpc) is 2.76. The van der Waals surface area contributed by atoms with Gasteiger partial charge in [0.1, 0.15) is 5.52 Å². The molecule has 4 aromatic rings. The second kappa shape index (κ2) is 7.41. The molecule has 5 heteroatoms. The highest BCUT2D eigenvalue weighted by Gasteiger charge is 2.26. The van der Waals surface area contributed by atoms with Gasteiger partial charge in [-0.3, -0.25) is 14.3 Å². The molecule has 0 aliphatic heterocycles. The Morgan fingerprint density at radius 2 is 1.76 bits per heavy atom. The van der Waals surface area contributed by atoms with Crippen molar-refractivity contribution in [3.63, 3.8) is 0 Å². The Bertz CT molecular complexity index is 1230. The van der Waals surface area contributed by atoms with E-state index in [-0.39, 0.29) is 11.6 Å². The maximum Gasteiger partial charge on any atom is 0.261 e. The van der Waals surface area contributed by atoms with Crippen molar-refractivity contribution in [2.45, 2.75) is 44.2 Å². The number of aliphatic hydroxyl groups excluding tert-OH is 1. The fraction of sp³-hybridized carbons (Fsp3) is 0.292. The van der Waals surface area contributed by atoms with Crippen LogP contribution in [0.2, 0.25) is 0 Å². The topological polar surface area (TPSA) is 68.0 Å². The highest BCUT2D eigenvalue weighted by atomic mass is 16.3. The van der Waals surface area contributed by atoms with Crippen LogP contribution in [0.15, 0.2) is 65.8 Å². The Morgan fingerprint density at radius 1 is 0.966 bits per heavy atom. The van der Waals surface area contributed by atoms with Crippen molar-refractivity contribution in [3.05, 3.63) is 82.5 Å². The molecule has 1 N–H and O–H groups in total. The summed E-state index contributed by atoms with van der Waals surface area (Å²) in [5.74, 6) is 0. The molecule has 0 bridgehead atoms. The van der Waals surface area contributed by atoms with Crippen LogP contribution in [-0.4, -0.2) is 25.7 Å². The van der Waals surface area contributed by atoms with E-state index in [1.165, 1.54) is 5.56 Å². The van der Waals surface area contributed by atoms with Gasteiger partial charge in [-0.15, -0.1) is 0 Å². The van der Waals surface area contributed by atoms with Gasteiger partial charge in [-0.25, -0.2) is 4.98 Å². The van der Waals surface area contributed by atoms with Crippen molar-refractivity contribution in [2.24, 2.45) is 0 Å². The SMILES string of the molecule is O=c1c2cc(Cc3ccccc3)c3cccnc3c2ncn1[C@H]1CCCC[C@@H]1O. The number of rotatable bonds is 3. The first-order valence-electron chi connectivity index (χ1n) is 10.2. The summed E-state index contributed by atoms with van der Waals surface area (Å²) in [5.41, 5.74) is 3.53. The van der Waals surface area contributed by atoms with E-state index >= 15 is 0 Å². The van der Waals surface area contributed by atoms with E-state index in [0.717, 1.165) is 48.6 Å². The van der Waals surface area contributed by atoms with Crippen LogP contribution >= 0.6 is 0 Å². The van der Waals surface area contributed by atoms with Gasteiger partial charge in [0.15, 0.2) is 0 Å².